The van der Waals surface area contributed by atoms with Crippen molar-refractivity contribution in [1.82, 2.24) is 0 Å². The number of carbonyl (C=O) groups excluding carboxylic acids is 1. The number of carbonyl (C=O) groups is 1. The van der Waals surface area contributed by atoms with E-state index in [9.17, 15) is 14.9 Å². The van der Waals surface area contributed by atoms with Crippen LogP contribution in [0.15, 0.2) is 24.3 Å². The standard InChI is InChI=1S/C12H15N3O4/c13-7-10-5-6-11(19-10)12(16)14-8-1-3-9(4-2-8)15(17)18/h1-4,10-11H,5-7,13H2,(H,14,16). The average Bonchev–Trinajstić information content (AvgIpc) is 2.88. The van der Waals surface area contributed by atoms with Gasteiger partial charge in [-0.05, 0) is 25.0 Å². The number of nitro groups is 1. The summed E-state index contributed by atoms with van der Waals surface area (Å²) >= 11 is 0. The summed E-state index contributed by atoms with van der Waals surface area (Å²) in [4.78, 5) is 21.9. The minimum absolute atomic E-state index is 0.0155. The molecule has 1 aliphatic heterocycles. The number of nitrogens with one attached hydrogen (secondary N) is 1. The van der Waals surface area contributed by atoms with Crippen LogP contribution in [0, 0.1) is 10.1 Å². The Bertz CT molecular complexity index is 474. The molecular weight excluding hydrogens is 250 g/mol. The van der Waals surface area contributed by atoms with Crippen LogP contribution >= 0.6 is 0 Å². The Labute approximate surface area is 109 Å². The predicted molar refractivity (Wildman–Crippen MR) is 68.7 cm³/mol. The lowest BCUT2D eigenvalue weighted by molar-refractivity contribution is -0.384. The summed E-state index contributed by atoms with van der Waals surface area (Å²) in [6.07, 6.45) is 0.853. The maximum absolute atomic E-state index is 11.9. The van der Waals surface area contributed by atoms with Crippen molar-refractivity contribution in [3.05, 3.63) is 34.4 Å². The zero-order valence-electron chi connectivity index (χ0n) is 10.2. The third kappa shape index (κ3) is 3.27. The summed E-state index contributed by atoms with van der Waals surface area (Å²) in [6, 6.07) is 5.67. The smallest absolute Gasteiger partial charge is 0.269 e. The topological polar surface area (TPSA) is 107 Å². The molecule has 1 fully saturated rings. The number of non-ortho nitro benzene ring substituents is 1. The Morgan fingerprint density at radius 1 is 1.42 bits per heavy atom. The zero-order chi connectivity index (χ0) is 13.8. The molecule has 0 aliphatic carbocycles. The van der Waals surface area contributed by atoms with E-state index in [0.717, 1.165) is 6.42 Å². The molecule has 1 aromatic rings. The average molecular weight is 265 g/mol. The lowest BCUT2D eigenvalue weighted by atomic mass is 10.2. The molecule has 0 spiro atoms. The molecule has 1 amide bonds. The van der Waals surface area contributed by atoms with Gasteiger partial charge in [0.2, 0.25) is 0 Å². The van der Waals surface area contributed by atoms with Crippen LogP contribution in [0.2, 0.25) is 0 Å². The van der Waals surface area contributed by atoms with Crippen LogP contribution in [0.25, 0.3) is 0 Å². The van der Waals surface area contributed by atoms with Crippen molar-refractivity contribution in [3.8, 4) is 0 Å². The van der Waals surface area contributed by atoms with Gasteiger partial charge >= 0.3 is 0 Å². The SMILES string of the molecule is NCC1CCC(C(=O)Nc2ccc([N+](=O)[O-])cc2)O1. The number of nitrogens with zero attached hydrogens (tertiary/aromatic N) is 1. The van der Waals surface area contributed by atoms with Gasteiger partial charge in [0, 0.05) is 24.4 Å². The lowest BCUT2D eigenvalue weighted by Gasteiger charge is -2.12. The molecule has 0 radical (unpaired) electrons. The molecule has 2 rings (SSSR count). The number of amides is 1. The molecule has 0 bridgehead atoms. The first-order valence-electron chi connectivity index (χ1n) is 6.01. The van der Waals surface area contributed by atoms with Crippen molar-refractivity contribution in [2.24, 2.45) is 5.73 Å². The second kappa shape index (κ2) is 5.77. The molecule has 102 valence electrons. The summed E-state index contributed by atoms with van der Waals surface area (Å²) in [5.41, 5.74) is 5.97. The van der Waals surface area contributed by atoms with Crippen LogP contribution < -0.4 is 11.1 Å². The van der Waals surface area contributed by atoms with Gasteiger partial charge in [0.1, 0.15) is 6.10 Å². The maximum atomic E-state index is 11.9. The second-order valence-electron chi connectivity index (χ2n) is 4.35. The predicted octanol–water partition coefficient (Wildman–Crippen LogP) is 1.04. The molecular formula is C12H15N3O4. The molecule has 3 N–H and O–H groups in total. The number of nitrogens with two attached hydrogens (primary N) is 1. The Balaban J connectivity index is 1.94. The minimum Gasteiger partial charge on any atom is -0.364 e. The summed E-state index contributed by atoms with van der Waals surface area (Å²) in [5.74, 6) is -0.246. The first kappa shape index (κ1) is 13.4. The van der Waals surface area contributed by atoms with Gasteiger partial charge in [-0.15, -0.1) is 0 Å². The van der Waals surface area contributed by atoms with Crippen molar-refractivity contribution in [1.29, 1.82) is 0 Å². The first-order chi connectivity index (χ1) is 9.10. The molecule has 1 aliphatic rings. The fraction of sp³-hybridized carbons (Fsp3) is 0.417. The van der Waals surface area contributed by atoms with E-state index in [1.165, 1.54) is 24.3 Å². The Hall–Kier alpha value is -1.99. The van der Waals surface area contributed by atoms with Crippen molar-refractivity contribution in [3.63, 3.8) is 0 Å². The van der Waals surface area contributed by atoms with Crippen molar-refractivity contribution in [2.75, 3.05) is 11.9 Å². The van der Waals surface area contributed by atoms with E-state index >= 15 is 0 Å². The lowest BCUT2D eigenvalue weighted by Crippen LogP contribution is -2.29. The second-order valence-corrected chi connectivity index (χ2v) is 4.35. The number of anilines is 1. The number of hydrogen-bond acceptors (Lipinski definition) is 5. The van der Waals surface area contributed by atoms with Crippen LogP contribution in [-0.2, 0) is 9.53 Å². The Morgan fingerprint density at radius 2 is 2.11 bits per heavy atom. The van der Waals surface area contributed by atoms with E-state index in [2.05, 4.69) is 5.32 Å². The molecule has 0 saturated carbocycles. The molecule has 7 nitrogen and oxygen atoms in total. The number of hydrogen-bond donors (Lipinski definition) is 2. The van der Waals surface area contributed by atoms with Crippen LogP contribution in [0.5, 0.6) is 0 Å². The largest absolute Gasteiger partial charge is 0.364 e. The molecule has 1 saturated heterocycles. The van der Waals surface area contributed by atoms with Crippen molar-refractivity contribution >= 4 is 17.3 Å². The van der Waals surface area contributed by atoms with Gasteiger partial charge in [0.15, 0.2) is 0 Å². The Morgan fingerprint density at radius 3 is 2.63 bits per heavy atom. The Kier molecular flexibility index (Phi) is 4.08. The summed E-state index contributed by atoms with van der Waals surface area (Å²) in [7, 11) is 0. The number of benzene rings is 1. The third-order valence-electron chi connectivity index (χ3n) is 3.01. The monoisotopic (exact) mass is 265 g/mol. The van der Waals surface area contributed by atoms with Gasteiger partial charge in [0.05, 0.1) is 11.0 Å². The van der Waals surface area contributed by atoms with E-state index in [1.54, 1.807) is 0 Å². The highest BCUT2D eigenvalue weighted by molar-refractivity contribution is 5.94. The van der Waals surface area contributed by atoms with Crippen molar-refractivity contribution < 1.29 is 14.5 Å². The van der Waals surface area contributed by atoms with Crippen LogP contribution in [0.4, 0.5) is 11.4 Å². The summed E-state index contributed by atoms with van der Waals surface area (Å²) in [6.45, 7) is 0.404. The molecule has 7 heteroatoms. The van der Waals surface area contributed by atoms with Gasteiger partial charge in [-0.25, -0.2) is 0 Å². The zero-order valence-corrected chi connectivity index (χ0v) is 10.2. The molecule has 0 aromatic heterocycles. The van der Waals surface area contributed by atoms with Gasteiger partial charge in [-0.2, -0.15) is 0 Å². The summed E-state index contributed by atoms with van der Waals surface area (Å²) < 4.78 is 5.46. The van der Waals surface area contributed by atoms with Gasteiger partial charge in [-0.3, -0.25) is 14.9 Å². The van der Waals surface area contributed by atoms with Gasteiger partial charge in [-0.1, -0.05) is 0 Å². The number of rotatable bonds is 4. The molecule has 1 aromatic carbocycles. The maximum Gasteiger partial charge on any atom is 0.269 e. The van der Waals surface area contributed by atoms with Crippen LogP contribution in [0.3, 0.4) is 0 Å². The molecule has 19 heavy (non-hydrogen) atoms. The quantitative estimate of drug-likeness (QED) is 0.624. The fourth-order valence-corrected chi connectivity index (χ4v) is 1.96. The van der Waals surface area contributed by atoms with E-state index < -0.39 is 11.0 Å². The van der Waals surface area contributed by atoms with Crippen LogP contribution in [-0.4, -0.2) is 29.6 Å². The number of nitro benzene ring substituents is 1. The summed E-state index contributed by atoms with van der Waals surface area (Å²) in [5, 5.41) is 13.2. The molecule has 2 atom stereocenters. The van der Waals surface area contributed by atoms with Crippen molar-refractivity contribution in [2.45, 2.75) is 25.0 Å². The van der Waals surface area contributed by atoms with Gasteiger partial charge < -0.3 is 15.8 Å². The molecule has 2 unspecified atom stereocenters. The van der Waals surface area contributed by atoms with Gasteiger partial charge in [0.25, 0.3) is 11.6 Å². The highest BCUT2D eigenvalue weighted by atomic mass is 16.6. The third-order valence-corrected chi connectivity index (χ3v) is 3.01. The minimum atomic E-state index is -0.497. The van der Waals surface area contributed by atoms with E-state index in [4.69, 9.17) is 10.5 Å². The number of ether oxygens (including phenoxy) is 1. The van der Waals surface area contributed by atoms with E-state index in [0.29, 0.717) is 18.7 Å². The fourth-order valence-electron chi connectivity index (χ4n) is 1.96. The molecule has 1 heterocycles. The highest BCUT2D eigenvalue weighted by Gasteiger charge is 2.29. The van der Waals surface area contributed by atoms with Crippen LogP contribution in [0.1, 0.15) is 12.8 Å². The normalized spacial score (nSPS) is 22.2. The van der Waals surface area contributed by atoms with E-state index in [1.807, 2.05) is 0 Å². The first-order valence-corrected chi connectivity index (χ1v) is 6.01. The highest BCUT2D eigenvalue weighted by Crippen LogP contribution is 2.21. The van der Waals surface area contributed by atoms with E-state index in [-0.39, 0.29) is 17.7 Å².